The zero-order valence-electron chi connectivity index (χ0n) is 12.7. The summed E-state index contributed by atoms with van der Waals surface area (Å²) in [6.45, 7) is 3.38. The van der Waals surface area contributed by atoms with Crippen molar-refractivity contribution in [2.45, 2.75) is 25.8 Å². The molecule has 2 aromatic rings. The van der Waals surface area contributed by atoms with Crippen LogP contribution >= 0.6 is 0 Å². The summed E-state index contributed by atoms with van der Waals surface area (Å²) in [5.41, 5.74) is 2.69. The molecule has 1 aliphatic carbocycles. The van der Waals surface area contributed by atoms with E-state index >= 15 is 0 Å². The summed E-state index contributed by atoms with van der Waals surface area (Å²) < 4.78 is 27.3. The molecule has 0 heterocycles. The molecule has 0 saturated heterocycles. The van der Waals surface area contributed by atoms with Crippen molar-refractivity contribution in [3.05, 3.63) is 71.8 Å². The van der Waals surface area contributed by atoms with Crippen molar-refractivity contribution in [1.82, 2.24) is 0 Å². The molecule has 0 radical (unpaired) electrons. The fraction of sp³-hybridized carbons (Fsp3) is 0.316. The topological polar surface area (TPSA) is 12.4 Å². The largest absolute Gasteiger partial charge is 0.281 e. The molecule has 3 atom stereocenters. The van der Waals surface area contributed by atoms with Gasteiger partial charge in [-0.05, 0) is 6.92 Å². The van der Waals surface area contributed by atoms with E-state index in [9.17, 15) is 8.78 Å². The Morgan fingerprint density at radius 3 is 1.73 bits per heavy atom. The monoisotopic (exact) mass is 299 g/mol. The molecule has 22 heavy (non-hydrogen) atoms. The van der Waals surface area contributed by atoms with Crippen molar-refractivity contribution in [2.24, 2.45) is 16.8 Å². The van der Waals surface area contributed by atoms with E-state index in [1.807, 2.05) is 60.7 Å². The summed E-state index contributed by atoms with van der Waals surface area (Å²) in [7, 11) is 0. The first-order chi connectivity index (χ1) is 10.5. The van der Waals surface area contributed by atoms with Gasteiger partial charge in [-0.15, -0.1) is 0 Å². The second-order valence-electron chi connectivity index (χ2n) is 5.94. The van der Waals surface area contributed by atoms with E-state index in [-0.39, 0.29) is 0 Å². The van der Waals surface area contributed by atoms with Crippen LogP contribution in [0, 0.1) is 11.8 Å². The van der Waals surface area contributed by atoms with Crippen LogP contribution in [0.2, 0.25) is 0 Å². The van der Waals surface area contributed by atoms with Crippen LogP contribution in [0.4, 0.5) is 8.78 Å². The molecule has 1 saturated carbocycles. The van der Waals surface area contributed by atoms with E-state index in [0.717, 1.165) is 16.8 Å². The Kier molecular flexibility index (Phi) is 3.81. The Morgan fingerprint density at radius 1 is 0.955 bits per heavy atom. The molecule has 0 bridgehead atoms. The lowest BCUT2D eigenvalue weighted by Gasteiger charge is -2.12. The average molecular weight is 299 g/mol. The third kappa shape index (κ3) is 2.68. The number of hydrogen-bond acceptors (Lipinski definition) is 1. The predicted octanol–water partition coefficient (Wildman–Crippen LogP) is 4.81. The fourth-order valence-corrected chi connectivity index (χ4v) is 3.04. The first kappa shape index (κ1) is 14.9. The highest BCUT2D eigenvalue weighted by molar-refractivity contribution is 6.12. The van der Waals surface area contributed by atoms with Crippen LogP contribution in [0.1, 0.15) is 25.0 Å². The molecule has 114 valence electrons. The quantitative estimate of drug-likeness (QED) is 0.718. The van der Waals surface area contributed by atoms with Gasteiger partial charge in [-0.3, -0.25) is 4.99 Å². The molecule has 0 spiro atoms. The van der Waals surface area contributed by atoms with Gasteiger partial charge in [0.05, 0.1) is 17.7 Å². The first-order valence-electron chi connectivity index (χ1n) is 7.58. The number of aliphatic imine (C=N–C) groups is 1. The minimum atomic E-state index is -2.58. The maximum Gasteiger partial charge on any atom is 0.256 e. The zero-order chi connectivity index (χ0) is 15.7. The highest BCUT2D eigenvalue weighted by atomic mass is 19.3. The van der Waals surface area contributed by atoms with Crippen molar-refractivity contribution in [3.63, 3.8) is 0 Å². The molecule has 3 unspecified atom stereocenters. The number of benzene rings is 2. The molecule has 2 aromatic carbocycles. The zero-order valence-corrected chi connectivity index (χ0v) is 12.7. The molecule has 3 heteroatoms. The van der Waals surface area contributed by atoms with Gasteiger partial charge in [-0.1, -0.05) is 67.6 Å². The minimum absolute atomic E-state index is 0.402. The smallest absolute Gasteiger partial charge is 0.256 e. The molecule has 0 amide bonds. The van der Waals surface area contributed by atoms with Gasteiger partial charge in [0, 0.05) is 17.0 Å². The first-order valence-corrected chi connectivity index (χ1v) is 7.58. The number of nitrogens with zero attached hydrogens (tertiary/aromatic N) is 1. The van der Waals surface area contributed by atoms with Crippen molar-refractivity contribution >= 4 is 5.71 Å². The van der Waals surface area contributed by atoms with Crippen LogP contribution < -0.4 is 0 Å². The summed E-state index contributed by atoms with van der Waals surface area (Å²) in [6.07, 6.45) is 0. The number of alkyl halides is 2. The summed E-state index contributed by atoms with van der Waals surface area (Å²) in [5.74, 6) is -3.82. The Morgan fingerprint density at radius 2 is 1.36 bits per heavy atom. The molecule has 1 nitrogen and oxygen atoms in total. The van der Waals surface area contributed by atoms with Gasteiger partial charge in [0.1, 0.15) is 0 Å². The van der Waals surface area contributed by atoms with Crippen molar-refractivity contribution < 1.29 is 8.78 Å². The molecule has 1 fully saturated rings. The van der Waals surface area contributed by atoms with E-state index < -0.39 is 23.8 Å². The lowest BCUT2D eigenvalue weighted by Crippen LogP contribution is -2.13. The van der Waals surface area contributed by atoms with E-state index in [2.05, 4.69) is 4.99 Å². The molecule has 1 aliphatic rings. The van der Waals surface area contributed by atoms with E-state index in [0.29, 0.717) is 0 Å². The van der Waals surface area contributed by atoms with Gasteiger partial charge in [0.25, 0.3) is 5.92 Å². The predicted molar refractivity (Wildman–Crippen MR) is 85.6 cm³/mol. The van der Waals surface area contributed by atoms with E-state index in [1.165, 1.54) is 0 Å². The van der Waals surface area contributed by atoms with Gasteiger partial charge in [0.15, 0.2) is 0 Å². The highest BCUT2D eigenvalue weighted by Gasteiger charge is 2.67. The third-order valence-electron chi connectivity index (χ3n) is 4.43. The van der Waals surface area contributed by atoms with Gasteiger partial charge in [0.2, 0.25) is 0 Å². The van der Waals surface area contributed by atoms with Crippen LogP contribution in [-0.4, -0.2) is 17.7 Å². The number of hydrogen-bond donors (Lipinski definition) is 0. The molecule has 0 aliphatic heterocycles. The Balaban J connectivity index is 1.98. The lowest BCUT2D eigenvalue weighted by atomic mass is 10.0. The summed E-state index contributed by atoms with van der Waals surface area (Å²) in [5, 5.41) is 0. The molecular formula is C19H19F2N. The SMILES string of the molecule is CC(N=C(c1ccccc1)c1ccccc1)C1C(C)C1(F)F. The third-order valence-corrected chi connectivity index (χ3v) is 4.43. The summed E-state index contributed by atoms with van der Waals surface area (Å²) >= 11 is 0. The average Bonchev–Trinajstić information content (AvgIpc) is 3.04. The van der Waals surface area contributed by atoms with Crippen molar-refractivity contribution in [1.29, 1.82) is 0 Å². The molecule has 0 aromatic heterocycles. The van der Waals surface area contributed by atoms with Crippen LogP contribution in [0.15, 0.2) is 65.7 Å². The van der Waals surface area contributed by atoms with Gasteiger partial charge < -0.3 is 0 Å². The normalized spacial score (nSPS) is 23.6. The second kappa shape index (κ2) is 5.64. The second-order valence-corrected chi connectivity index (χ2v) is 5.94. The van der Waals surface area contributed by atoms with Crippen molar-refractivity contribution in [2.75, 3.05) is 0 Å². The van der Waals surface area contributed by atoms with E-state index in [4.69, 9.17) is 0 Å². The standard InChI is InChI=1S/C19H19F2N/c1-13-17(19(13,20)21)14(2)22-18(15-9-5-3-6-10-15)16-11-7-4-8-12-16/h3-14,17H,1-2H3. The maximum atomic E-state index is 13.6. The number of rotatable bonds is 4. The van der Waals surface area contributed by atoms with Gasteiger partial charge >= 0.3 is 0 Å². The van der Waals surface area contributed by atoms with Crippen LogP contribution in [0.5, 0.6) is 0 Å². The molecule has 3 rings (SSSR count). The maximum absolute atomic E-state index is 13.6. The van der Waals surface area contributed by atoms with Crippen molar-refractivity contribution in [3.8, 4) is 0 Å². The van der Waals surface area contributed by atoms with E-state index in [1.54, 1.807) is 13.8 Å². The minimum Gasteiger partial charge on any atom is -0.281 e. The molecular weight excluding hydrogens is 280 g/mol. The Labute approximate surface area is 129 Å². The summed E-state index contributed by atoms with van der Waals surface area (Å²) in [6, 6.07) is 19.1. The lowest BCUT2D eigenvalue weighted by molar-refractivity contribution is 0.0833. The van der Waals surface area contributed by atoms with Crippen LogP contribution in [0.3, 0.4) is 0 Å². The number of halogens is 2. The summed E-state index contributed by atoms with van der Waals surface area (Å²) in [4.78, 5) is 4.66. The Hall–Kier alpha value is -2.03. The fourth-order valence-electron chi connectivity index (χ4n) is 3.04. The Bertz CT molecular complexity index is 623. The van der Waals surface area contributed by atoms with Crippen LogP contribution in [0.25, 0.3) is 0 Å². The van der Waals surface area contributed by atoms with Gasteiger partial charge in [-0.25, -0.2) is 8.78 Å². The molecule has 0 N–H and O–H groups in total. The van der Waals surface area contributed by atoms with Gasteiger partial charge in [-0.2, -0.15) is 0 Å². The highest BCUT2D eigenvalue weighted by Crippen LogP contribution is 2.57. The van der Waals surface area contributed by atoms with Crippen LogP contribution in [-0.2, 0) is 0 Å².